The Bertz CT molecular complexity index is 1810. The van der Waals surface area contributed by atoms with Crippen molar-refractivity contribution < 1.29 is 24.1 Å². The monoisotopic (exact) mass is 718 g/mol. The van der Waals surface area contributed by atoms with E-state index in [2.05, 4.69) is 84.3 Å². The third-order valence-electron chi connectivity index (χ3n) is 11.9. The molecule has 4 atom stereocenters. The number of aliphatic hydroxyl groups is 1. The maximum Gasteiger partial charge on any atom is 0.315 e. The molecule has 1 heterocycles. The van der Waals surface area contributed by atoms with Crippen LogP contribution in [0.25, 0.3) is 11.1 Å². The number of urea groups is 1. The second-order valence-corrected chi connectivity index (χ2v) is 16.7. The Balaban J connectivity index is 0.942. The van der Waals surface area contributed by atoms with Gasteiger partial charge >= 0.3 is 6.03 Å². The highest BCUT2D eigenvalue weighted by Crippen LogP contribution is 2.55. The Hall–Kier alpha value is -3.82. The maximum atomic E-state index is 13.1. The van der Waals surface area contributed by atoms with Gasteiger partial charge in [-0.2, -0.15) is 0 Å². The van der Waals surface area contributed by atoms with Crippen molar-refractivity contribution in [3.05, 3.63) is 119 Å². The number of hydrogen-bond donors (Lipinski definition) is 3. The Morgan fingerprint density at radius 3 is 2.21 bits per heavy atom. The molecule has 4 aromatic rings. The predicted octanol–water partition coefficient (Wildman–Crippen LogP) is 9.21. The molecule has 0 spiro atoms. The molecule has 5 fully saturated rings. The summed E-state index contributed by atoms with van der Waals surface area (Å²) in [6.07, 6.45) is 6.72. The first-order valence-corrected chi connectivity index (χ1v) is 19.9. The number of hydrogen-bond acceptors (Lipinski definition) is 6. The van der Waals surface area contributed by atoms with Gasteiger partial charge in [0.05, 0.1) is 25.9 Å². The summed E-state index contributed by atoms with van der Waals surface area (Å²) >= 11 is 1.73. The summed E-state index contributed by atoms with van der Waals surface area (Å²) in [6.45, 7) is 2.68. The molecule has 0 radical (unpaired) electrons. The van der Waals surface area contributed by atoms with Crippen LogP contribution in [0.3, 0.4) is 0 Å². The van der Waals surface area contributed by atoms with E-state index in [1.807, 2.05) is 30.3 Å². The van der Waals surface area contributed by atoms with Crippen LogP contribution in [-0.4, -0.2) is 35.6 Å². The van der Waals surface area contributed by atoms with Gasteiger partial charge in [-0.05, 0) is 102 Å². The van der Waals surface area contributed by atoms with Crippen molar-refractivity contribution in [2.45, 2.75) is 87.5 Å². The van der Waals surface area contributed by atoms with Crippen molar-refractivity contribution in [1.82, 2.24) is 10.6 Å². The number of para-hydroxylation sites is 1. The fourth-order valence-electron chi connectivity index (χ4n) is 9.64. The fourth-order valence-corrected chi connectivity index (χ4v) is 10.8. The minimum atomic E-state index is -0.543. The zero-order valence-corrected chi connectivity index (χ0v) is 30.9. The number of nitrogens with one attached hydrogen (secondary N) is 2. The van der Waals surface area contributed by atoms with E-state index in [1.54, 1.807) is 18.9 Å². The van der Waals surface area contributed by atoms with Crippen LogP contribution in [0.15, 0.2) is 102 Å². The number of benzene rings is 4. The summed E-state index contributed by atoms with van der Waals surface area (Å²) in [5, 5.41) is 16.2. The third kappa shape index (κ3) is 7.63. The van der Waals surface area contributed by atoms with E-state index in [1.165, 1.54) is 19.3 Å². The predicted molar refractivity (Wildman–Crippen MR) is 205 cm³/mol. The molecule has 0 aromatic heterocycles. The number of carbonyl (C=O) groups is 1. The highest BCUT2D eigenvalue weighted by Gasteiger charge is 2.51. The van der Waals surface area contributed by atoms with E-state index in [4.69, 9.17) is 14.2 Å². The molecule has 8 heteroatoms. The zero-order chi connectivity index (χ0) is 35.7. The van der Waals surface area contributed by atoms with Crippen molar-refractivity contribution in [3.63, 3.8) is 0 Å². The molecule has 4 aromatic carbocycles. The molecule has 3 N–H and O–H groups in total. The topological polar surface area (TPSA) is 89.1 Å². The second-order valence-electron chi connectivity index (χ2n) is 15.6. The minimum absolute atomic E-state index is 0.00504. The van der Waals surface area contributed by atoms with Gasteiger partial charge in [0, 0.05) is 34.2 Å². The zero-order valence-electron chi connectivity index (χ0n) is 30.1. The summed E-state index contributed by atoms with van der Waals surface area (Å²) in [6, 6.07) is 32.9. The Morgan fingerprint density at radius 1 is 0.827 bits per heavy atom. The summed E-state index contributed by atoms with van der Waals surface area (Å²) in [7, 11) is 1.70. The molecule has 2 amide bonds. The van der Waals surface area contributed by atoms with Gasteiger partial charge in [0.15, 0.2) is 6.29 Å². The Kier molecular flexibility index (Phi) is 10.3. The van der Waals surface area contributed by atoms with E-state index in [9.17, 15) is 9.90 Å². The van der Waals surface area contributed by atoms with Crippen LogP contribution in [0.2, 0.25) is 0 Å². The molecule has 5 aliphatic rings. The minimum Gasteiger partial charge on any atom is -0.496 e. The average molecular weight is 719 g/mol. The standard InChI is InChI=1S/C44H50N2O5S/c1-28-39(27-52-40-9-4-3-8-38(40)49-2)50-42(51-41(28)35-12-10-29(26-47)11-13-35)36-16-14-34(15-17-36)37-7-5-6-30(21-37)25-45-43(48)46-44-22-31-18-32(23-44)20-33(19-31)24-44/h3-17,21,28,31-33,39,41-42,47H,18-20,22-27H2,1-2H3,(H2,45,46,48)/t28-,31?,32?,33?,39+,41+,42+,44?/m1/s1. The first-order chi connectivity index (χ1) is 25.4. The van der Waals surface area contributed by atoms with Crippen molar-refractivity contribution in [3.8, 4) is 16.9 Å². The van der Waals surface area contributed by atoms with Crippen molar-refractivity contribution >= 4 is 17.8 Å². The largest absolute Gasteiger partial charge is 0.496 e. The van der Waals surface area contributed by atoms with Gasteiger partial charge in [0.1, 0.15) is 5.75 Å². The van der Waals surface area contributed by atoms with Gasteiger partial charge in [0.25, 0.3) is 0 Å². The first-order valence-electron chi connectivity index (χ1n) is 18.9. The normalized spacial score (nSPS) is 29.1. The molecule has 7 nitrogen and oxygen atoms in total. The lowest BCUT2D eigenvalue weighted by Crippen LogP contribution is -2.61. The number of amides is 2. The smallest absolute Gasteiger partial charge is 0.315 e. The van der Waals surface area contributed by atoms with E-state index in [0.29, 0.717) is 6.54 Å². The molecule has 4 saturated carbocycles. The maximum absolute atomic E-state index is 13.1. The summed E-state index contributed by atoms with van der Waals surface area (Å²) in [5.41, 5.74) is 6.16. The molecule has 4 bridgehead atoms. The Morgan fingerprint density at radius 2 is 1.52 bits per heavy atom. The van der Waals surface area contributed by atoms with Gasteiger partial charge in [0.2, 0.25) is 0 Å². The molecule has 52 heavy (non-hydrogen) atoms. The second kappa shape index (κ2) is 15.3. The van der Waals surface area contributed by atoms with Gasteiger partial charge in [-0.3, -0.25) is 0 Å². The quantitative estimate of drug-likeness (QED) is 0.134. The number of ether oxygens (including phenoxy) is 3. The van der Waals surface area contributed by atoms with Crippen LogP contribution < -0.4 is 15.4 Å². The summed E-state index contributed by atoms with van der Waals surface area (Å²) in [5.74, 6) is 4.08. The molecule has 4 aliphatic carbocycles. The highest BCUT2D eigenvalue weighted by atomic mass is 32.2. The highest BCUT2D eigenvalue weighted by molar-refractivity contribution is 7.99. The van der Waals surface area contributed by atoms with Crippen molar-refractivity contribution in [2.24, 2.45) is 23.7 Å². The molecule has 1 aliphatic heterocycles. The van der Waals surface area contributed by atoms with Gasteiger partial charge in [-0.25, -0.2) is 4.79 Å². The van der Waals surface area contributed by atoms with Gasteiger partial charge in [-0.1, -0.05) is 85.8 Å². The fraction of sp³-hybridized carbons (Fsp3) is 0.432. The summed E-state index contributed by atoms with van der Waals surface area (Å²) < 4.78 is 19.0. The number of methoxy groups -OCH3 is 1. The summed E-state index contributed by atoms with van der Waals surface area (Å²) in [4.78, 5) is 14.2. The van der Waals surface area contributed by atoms with E-state index >= 15 is 0 Å². The van der Waals surface area contributed by atoms with E-state index < -0.39 is 6.29 Å². The third-order valence-corrected chi connectivity index (χ3v) is 13.1. The SMILES string of the molecule is COc1ccccc1SC[C@@H]1O[C@H](c2ccc(-c3cccc(CNC(=O)NC45CC6CC(CC(C6)C4)C5)c3)cc2)O[C@H](c2ccc(CO)cc2)[C@@H]1C. The lowest BCUT2D eigenvalue weighted by atomic mass is 9.53. The van der Waals surface area contributed by atoms with Gasteiger partial charge in [-0.15, -0.1) is 11.8 Å². The van der Waals surface area contributed by atoms with Crippen LogP contribution in [-0.2, 0) is 22.6 Å². The number of rotatable bonds is 11. The van der Waals surface area contributed by atoms with Crippen molar-refractivity contribution in [2.75, 3.05) is 12.9 Å². The lowest BCUT2D eigenvalue weighted by molar-refractivity contribution is -0.268. The van der Waals surface area contributed by atoms with Crippen LogP contribution in [0.1, 0.15) is 80.1 Å². The molecule has 1 saturated heterocycles. The number of carbonyl (C=O) groups excluding carboxylic acids is 1. The molecule has 9 rings (SSSR count). The van der Waals surface area contributed by atoms with E-state index in [-0.39, 0.29) is 36.3 Å². The van der Waals surface area contributed by atoms with E-state index in [0.717, 1.165) is 86.8 Å². The number of aliphatic hydroxyl groups excluding tert-OH is 1. The Labute approximate surface area is 311 Å². The molecule has 0 unspecified atom stereocenters. The average Bonchev–Trinajstić information content (AvgIpc) is 3.16. The van der Waals surface area contributed by atoms with Crippen LogP contribution in [0.4, 0.5) is 4.79 Å². The number of thioether (sulfide) groups is 1. The van der Waals surface area contributed by atoms with Gasteiger partial charge < -0.3 is 30.0 Å². The molecular weight excluding hydrogens is 669 g/mol. The van der Waals surface area contributed by atoms with Crippen LogP contribution in [0.5, 0.6) is 5.75 Å². The molecular formula is C44H50N2O5S. The molecule has 272 valence electrons. The lowest BCUT2D eigenvalue weighted by Gasteiger charge is -2.56. The van der Waals surface area contributed by atoms with Crippen LogP contribution in [0, 0.1) is 23.7 Å². The first kappa shape index (κ1) is 35.2. The van der Waals surface area contributed by atoms with Crippen LogP contribution >= 0.6 is 11.8 Å². The van der Waals surface area contributed by atoms with Crippen molar-refractivity contribution in [1.29, 1.82) is 0 Å².